The maximum atomic E-state index is 12.1. The molecule has 0 spiro atoms. The van der Waals surface area contributed by atoms with Crippen molar-refractivity contribution in [1.82, 2.24) is 4.31 Å². The van der Waals surface area contributed by atoms with Crippen LogP contribution in [-0.2, 0) is 10.0 Å². The smallest absolute Gasteiger partial charge is 0.243 e. The molecule has 2 N–H and O–H groups in total. The zero-order chi connectivity index (χ0) is 11.8. The van der Waals surface area contributed by atoms with E-state index in [4.69, 9.17) is 5.73 Å². The fourth-order valence-corrected chi connectivity index (χ4v) is 3.50. The second kappa shape index (κ2) is 4.44. The SMILES string of the molecule is N[C@H]1CCN(S(=O)(=O)c2ccc(Br)cc2)C1. The highest BCUT2D eigenvalue weighted by atomic mass is 79.9. The summed E-state index contributed by atoms with van der Waals surface area (Å²) in [5.41, 5.74) is 5.71. The largest absolute Gasteiger partial charge is 0.326 e. The van der Waals surface area contributed by atoms with Gasteiger partial charge in [-0.2, -0.15) is 4.31 Å². The minimum absolute atomic E-state index is 0.0368. The normalized spacial score (nSPS) is 22.5. The molecule has 0 saturated carbocycles. The van der Waals surface area contributed by atoms with Crippen LogP contribution < -0.4 is 5.73 Å². The summed E-state index contributed by atoms with van der Waals surface area (Å²) in [4.78, 5) is 0.324. The van der Waals surface area contributed by atoms with Gasteiger partial charge in [0.15, 0.2) is 0 Å². The predicted octanol–water partition coefficient (Wildman–Crippen LogP) is 1.17. The summed E-state index contributed by atoms with van der Waals surface area (Å²) in [7, 11) is -3.36. The van der Waals surface area contributed by atoms with Gasteiger partial charge in [0.2, 0.25) is 10.0 Å². The molecule has 1 heterocycles. The second-order valence-electron chi connectivity index (χ2n) is 3.87. The lowest BCUT2D eigenvalue weighted by Gasteiger charge is -2.15. The van der Waals surface area contributed by atoms with Crippen LogP contribution in [0.15, 0.2) is 33.6 Å². The minimum atomic E-state index is -3.36. The van der Waals surface area contributed by atoms with Crippen molar-refractivity contribution in [1.29, 1.82) is 0 Å². The summed E-state index contributed by atoms with van der Waals surface area (Å²) in [6.45, 7) is 0.929. The van der Waals surface area contributed by atoms with Crippen LogP contribution in [0.1, 0.15) is 6.42 Å². The highest BCUT2D eigenvalue weighted by Gasteiger charge is 2.30. The molecule has 0 unspecified atom stereocenters. The number of hydrogen-bond acceptors (Lipinski definition) is 3. The number of halogens is 1. The van der Waals surface area contributed by atoms with E-state index < -0.39 is 10.0 Å². The second-order valence-corrected chi connectivity index (χ2v) is 6.72. The molecule has 0 aromatic heterocycles. The van der Waals surface area contributed by atoms with Gasteiger partial charge in [-0.05, 0) is 30.7 Å². The van der Waals surface area contributed by atoms with Crippen molar-refractivity contribution >= 4 is 26.0 Å². The van der Waals surface area contributed by atoms with E-state index in [9.17, 15) is 8.42 Å². The molecule has 1 aliphatic rings. The van der Waals surface area contributed by atoms with Crippen LogP contribution in [0.4, 0.5) is 0 Å². The van der Waals surface area contributed by atoms with Crippen molar-refractivity contribution < 1.29 is 8.42 Å². The molecule has 6 heteroatoms. The maximum absolute atomic E-state index is 12.1. The third-order valence-corrected chi connectivity index (χ3v) is 5.05. The van der Waals surface area contributed by atoms with Gasteiger partial charge in [-0.25, -0.2) is 8.42 Å². The lowest BCUT2D eigenvalue weighted by atomic mass is 10.3. The average Bonchev–Trinajstić information content (AvgIpc) is 2.66. The lowest BCUT2D eigenvalue weighted by molar-refractivity contribution is 0.472. The molecule has 1 aromatic rings. The van der Waals surface area contributed by atoms with Gasteiger partial charge < -0.3 is 5.73 Å². The summed E-state index contributed by atoms with van der Waals surface area (Å²) in [6, 6.07) is 6.61. The Morgan fingerprint density at radius 3 is 2.44 bits per heavy atom. The van der Waals surface area contributed by atoms with Crippen LogP contribution in [0.25, 0.3) is 0 Å². The molecule has 0 radical (unpaired) electrons. The van der Waals surface area contributed by atoms with Crippen molar-refractivity contribution in [2.24, 2.45) is 5.73 Å². The quantitative estimate of drug-likeness (QED) is 0.892. The Labute approximate surface area is 104 Å². The number of nitrogens with zero attached hydrogens (tertiary/aromatic N) is 1. The molecule has 1 saturated heterocycles. The number of nitrogens with two attached hydrogens (primary N) is 1. The summed E-state index contributed by atoms with van der Waals surface area (Å²) in [6.07, 6.45) is 0.732. The van der Waals surface area contributed by atoms with Gasteiger partial charge in [-0.3, -0.25) is 0 Å². The van der Waals surface area contributed by atoms with Gasteiger partial charge >= 0.3 is 0 Å². The third-order valence-electron chi connectivity index (χ3n) is 2.64. The highest BCUT2D eigenvalue weighted by molar-refractivity contribution is 9.10. The lowest BCUT2D eigenvalue weighted by Crippen LogP contribution is -2.31. The molecule has 2 rings (SSSR count). The zero-order valence-corrected chi connectivity index (χ0v) is 11.0. The summed E-state index contributed by atoms with van der Waals surface area (Å²) in [5, 5.41) is 0. The fourth-order valence-electron chi connectivity index (χ4n) is 1.73. The van der Waals surface area contributed by atoms with E-state index in [1.165, 1.54) is 4.31 Å². The third kappa shape index (κ3) is 2.29. The van der Waals surface area contributed by atoms with Crippen LogP contribution in [0.3, 0.4) is 0 Å². The summed E-state index contributed by atoms with van der Waals surface area (Å²) in [5.74, 6) is 0. The van der Waals surface area contributed by atoms with E-state index in [1.807, 2.05) is 0 Å². The van der Waals surface area contributed by atoms with Gasteiger partial charge in [-0.1, -0.05) is 15.9 Å². The van der Waals surface area contributed by atoms with Crippen LogP contribution in [-0.4, -0.2) is 31.9 Å². The van der Waals surface area contributed by atoms with Crippen molar-refractivity contribution in [3.8, 4) is 0 Å². The molecule has 16 heavy (non-hydrogen) atoms. The molecule has 88 valence electrons. The first-order valence-corrected chi connectivity index (χ1v) is 7.25. The standard InChI is InChI=1S/C10H13BrN2O2S/c11-8-1-3-10(4-2-8)16(14,15)13-6-5-9(12)7-13/h1-4,9H,5-7,12H2/t9-/m0/s1. The zero-order valence-electron chi connectivity index (χ0n) is 8.64. The van der Waals surface area contributed by atoms with Gasteiger partial charge in [0.1, 0.15) is 0 Å². The van der Waals surface area contributed by atoms with E-state index in [0.29, 0.717) is 18.0 Å². The van der Waals surface area contributed by atoms with Crippen molar-refractivity contribution in [3.63, 3.8) is 0 Å². The number of hydrogen-bond donors (Lipinski definition) is 1. The van der Waals surface area contributed by atoms with Crippen molar-refractivity contribution in [3.05, 3.63) is 28.7 Å². The van der Waals surface area contributed by atoms with E-state index >= 15 is 0 Å². The van der Waals surface area contributed by atoms with E-state index in [-0.39, 0.29) is 6.04 Å². The maximum Gasteiger partial charge on any atom is 0.243 e. The number of sulfonamides is 1. The Bertz CT molecular complexity index is 472. The monoisotopic (exact) mass is 304 g/mol. The average molecular weight is 305 g/mol. The first kappa shape index (κ1) is 12.0. The van der Waals surface area contributed by atoms with Crippen molar-refractivity contribution in [2.75, 3.05) is 13.1 Å². The van der Waals surface area contributed by atoms with Crippen LogP contribution in [0.5, 0.6) is 0 Å². The molecule has 1 atom stereocenters. The molecular weight excluding hydrogens is 292 g/mol. The van der Waals surface area contributed by atoms with Gasteiger partial charge in [0.05, 0.1) is 4.90 Å². The topological polar surface area (TPSA) is 63.4 Å². The van der Waals surface area contributed by atoms with Gasteiger partial charge in [0, 0.05) is 23.6 Å². The van der Waals surface area contributed by atoms with Crippen LogP contribution in [0.2, 0.25) is 0 Å². The Hall–Kier alpha value is -0.430. The molecule has 1 aromatic carbocycles. The Kier molecular flexibility index (Phi) is 3.34. The molecular formula is C10H13BrN2O2S. The summed E-state index contributed by atoms with van der Waals surface area (Å²) >= 11 is 3.28. The molecule has 0 amide bonds. The highest BCUT2D eigenvalue weighted by Crippen LogP contribution is 2.21. The van der Waals surface area contributed by atoms with E-state index in [2.05, 4.69) is 15.9 Å². The number of benzene rings is 1. The fraction of sp³-hybridized carbons (Fsp3) is 0.400. The minimum Gasteiger partial charge on any atom is -0.326 e. The molecule has 0 bridgehead atoms. The Balaban J connectivity index is 2.29. The van der Waals surface area contributed by atoms with E-state index in [0.717, 1.165) is 10.9 Å². The summed E-state index contributed by atoms with van der Waals surface area (Å²) < 4.78 is 26.6. The Morgan fingerprint density at radius 2 is 1.94 bits per heavy atom. The molecule has 4 nitrogen and oxygen atoms in total. The first-order chi connectivity index (χ1) is 7.50. The number of rotatable bonds is 2. The first-order valence-electron chi connectivity index (χ1n) is 5.01. The van der Waals surface area contributed by atoms with Crippen LogP contribution in [0, 0.1) is 0 Å². The van der Waals surface area contributed by atoms with Gasteiger partial charge in [-0.15, -0.1) is 0 Å². The Morgan fingerprint density at radius 1 is 1.31 bits per heavy atom. The predicted molar refractivity (Wildman–Crippen MR) is 65.5 cm³/mol. The van der Waals surface area contributed by atoms with E-state index in [1.54, 1.807) is 24.3 Å². The molecule has 1 aliphatic heterocycles. The van der Waals surface area contributed by atoms with Crippen LogP contribution >= 0.6 is 15.9 Å². The van der Waals surface area contributed by atoms with Gasteiger partial charge in [0.25, 0.3) is 0 Å². The molecule has 1 fully saturated rings. The molecule has 0 aliphatic carbocycles. The van der Waals surface area contributed by atoms with Crippen molar-refractivity contribution in [2.45, 2.75) is 17.4 Å².